The predicted molar refractivity (Wildman–Crippen MR) is 202 cm³/mol. The van der Waals surface area contributed by atoms with Crippen LogP contribution in [0.15, 0.2) is 170 Å². The molecule has 3 heterocycles. The van der Waals surface area contributed by atoms with Crippen molar-refractivity contribution in [1.82, 2.24) is 9.13 Å². The largest absolute Gasteiger partial charge is 2.00 e. The molecule has 0 N–H and O–H groups in total. The molecule has 1 aliphatic rings. The van der Waals surface area contributed by atoms with E-state index in [1.54, 1.807) is 0 Å². The van der Waals surface area contributed by atoms with E-state index >= 15 is 0 Å². The molecule has 50 heavy (non-hydrogen) atoms. The molecule has 0 saturated carbocycles. The van der Waals surface area contributed by atoms with Crippen LogP contribution in [0.25, 0.3) is 65.8 Å². The van der Waals surface area contributed by atoms with Gasteiger partial charge in [0.1, 0.15) is 0 Å². The Balaban J connectivity index is 0.00000316. The summed E-state index contributed by atoms with van der Waals surface area (Å²) in [5.41, 5.74) is 11.2. The van der Waals surface area contributed by atoms with Gasteiger partial charge in [-0.2, -0.15) is 48.5 Å². The van der Waals surface area contributed by atoms with Crippen LogP contribution in [0.4, 0.5) is 0 Å². The first-order valence-corrected chi connectivity index (χ1v) is 16.9. The third kappa shape index (κ3) is 3.85. The van der Waals surface area contributed by atoms with Crippen LogP contribution in [-0.2, 0) is 5.41 Å². The summed E-state index contributed by atoms with van der Waals surface area (Å²) in [6.07, 6.45) is 0. The Morgan fingerprint density at radius 3 is 1.96 bits per heavy atom. The average Bonchev–Trinajstić information content (AvgIpc) is 3.69. The van der Waals surface area contributed by atoms with Gasteiger partial charge in [-0.1, -0.05) is 109 Å². The zero-order valence-corrected chi connectivity index (χ0v) is 31.2. The Morgan fingerprint density at radius 2 is 1.12 bits per heavy atom. The summed E-state index contributed by atoms with van der Waals surface area (Å²) < 4.78 is 4.87. The minimum absolute atomic E-state index is 0. The number of hydrogen-bond acceptors (Lipinski definition) is 0. The second-order valence-electron chi connectivity index (χ2n) is 13.1. The molecule has 11 rings (SSSR count). The number of aromatic nitrogens is 2. The minimum Gasteiger partial charge on any atom is -0.364 e. The molecule has 1 atom stereocenters. The fraction of sp³-hybridized carbons (Fsp3) is 0.0213. The Bertz CT molecular complexity index is 2950. The second-order valence-corrected chi connectivity index (χ2v) is 13.1. The molecule has 230 valence electrons. The Labute approximate surface area is 313 Å². The van der Waals surface area contributed by atoms with Crippen molar-refractivity contribution in [2.45, 2.75) is 5.41 Å². The van der Waals surface area contributed by atoms with E-state index in [9.17, 15) is 0 Å². The van der Waals surface area contributed by atoms with E-state index in [1.165, 1.54) is 65.7 Å². The molecule has 10 aromatic rings. The molecule has 0 amide bonds. The molecule has 0 radical (unpaired) electrons. The Hall–Kier alpha value is -5.33. The van der Waals surface area contributed by atoms with Crippen LogP contribution in [0.3, 0.4) is 0 Å². The van der Waals surface area contributed by atoms with Gasteiger partial charge in [-0.15, -0.1) is 16.5 Å². The van der Waals surface area contributed by atoms with Gasteiger partial charge in [0, 0.05) is 27.4 Å². The van der Waals surface area contributed by atoms with Crippen LogP contribution in [-0.4, -0.2) is 9.13 Å². The monoisotopic (exact) mass is 858 g/mol. The van der Waals surface area contributed by atoms with Gasteiger partial charge in [0.05, 0.1) is 16.7 Å². The second kappa shape index (κ2) is 11.1. The maximum atomic E-state index is 3.93. The summed E-state index contributed by atoms with van der Waals surface area (Å²) in [6, 6.07) is 69.4. The summed E-state index contributed by atoms with van der Waals surface area (Å²) in [7, 11) is 0. The molecule has 0 saturated heterocycles. The molecule has 0 fully saturated rings. The maximum absolute atomic E-state index is 3.93. The van der Waals surface area contributed by atoms with Crippen molar-refractivity contribution in [1.29, 1.82) is 0 Å². The SMILES string of the molecule is [U+2].[c-]1ccccc1C1(c2[c-]cc3c(c2)c2ccccc2n3-c2ccc3ccccc3c2)c2ccccc2-n2c3ccccc3c3cccc1c32. The van der Waals surface area contributed by atoms with E-state index in [-0.39, 0.29) is 31.1 Å². The van der Waals surface area contributed by atoms with Crippen LogP contribution in [0.5, 0.6) is 0 Å². The van der Waals surface area contributed by atoms with E-state index in [0.29, 0.717) is 0 Å². The number of fused-ring (bicyclic) bond motifs is 9. The van der Waals surface area contributed by atoms with Crippen LogP contribution in [0, 0.1) is 43.2 Å². The van der Waals surface area contributed by atoms with Crippen molar-refractivity contribution in [3.63, 3.8) is 0 Å². The zero-order chi connectivity index (χ0) is 32.1. The number of hydrogen-bond donors (Lipinski definition) is 0. The number of rotatable bonds is 3. The molecule has 8 aromatic carbocycles. The molecular weight excluding hydrogens is 831 g/mol. The fourth-order valence-electron chi connectivity index (χ4n) is 8.78. The third-order valence-electron chi connectivity index (χ3n) is 10.8. The molecule has 0 spiro atoms. The van der Waals surface area contributed by atoms with Gasteiger partial charge >= 0.3 is 31.1 Å². The molecule has 1 unspecified atom stereocenters. The van der Waals surface area contributed by atoms with Crippen molar-refractivity contribution >= 4 is 54.4 Å². The summed E-state index contributed by atoms with van der Waals surface area (Å²) in [5.74, 6) is 0. The van der Waals surface area contributed by atoms with Crippen LogP contribution < -0.4 is 0 Å². The Kier molecular flexibility index (Phi) is 6.56. The molecule has 2 aromatic heterocycles. The smallest absolute Gasteiger partial charge is 0.364 e. The molecule has 0 aliphatic carbocycles. The van der Waals surface area contributed by atoms with Gasteiger partial charge < -0.3 is 9.13 Å². The minimum atomic E-state index is -0.651. The van der Waals surface area contributed by atoms with Gasteiger partial charge in [0.2, 0.25) is 0 Å². The van der Waals surface area contributed by atoms with Crippen LogP contribution in [0.1, 0.15) is 22.3 Å². The van der Waals surface area contributed by atoms with E-state index in [2.05, 4.69) is 185 Å². The van der Waals surface area contributed by atoms with Crippen LogP contribution >= 0.6 is 0 Å². The van der Waals surface area contributed by atoms with E-state index < -0.39 is 5.41 Å². The first-order valence-electron chi connectivity index (χ1n) is 16.9. The molecule has 0 bridgehead atoms. The van der Waals surface area contributed by atoms with Gasteiger partial charge in [0.15, 0.2) is 0 Å². The molecule has 1 aliphatic heterocycles. The molecular formula is C47H28N2U. The summed E-state index contributed by atoms with van der Waals surface area (Å²) in [4.78, 5) is 0. The number of para-hydroxylation sites is 4. The van der Waals surface area contributed by atoms with Crippen molar-refractivity contribution in [2.75, 3.05) is 0 Å². The summed E-state index contributed by atoms with van der Waals surface area (Å²) >= 11 is 0. The standard InChI is InChI=1S/C47H28N2.U/c1-2-15-33(16-3-1)47(40-20-8-11-24-45(40)49-43-23-10-6-17-36(43)38-19-12-21-41(47)46(38)49)34-26-28-44-39(30-34)37-18-7-9-22-42(37)48(44)35-27-25-31-13-4-5-14-32(31)29-35;/h1-15,17-25,27-30H;/q-2;+2. The zero-order valence-electron chi connectivity index (χ0n) is 27.1. The van der Waals surface area contributed by atoms with Crippen molar-refractivity contribution in [2.24, 2.45) is 0 Å². The first-order chi connectivity index (χ1) is 24.3. The van der Waals surface area contributed by atoms with Gasteiger partial charge in [0.25, 0.3) is 0 Å². The normalized spacial score (nSPS) is 15.1. The van der Waals surface area contributed by atoms with Crippen LogP contribution in [0.2, 0.25) is 0 Å². The maximum Gasteiger partial charge on any atom is 2.00 e. The van der Waals surface area contributed by atoms with Gasteiger partial charge in [-0.05, 0) is 57.6 Å². The van der Waals surface area contributed by atoms with E-state index in [4.69, 9.17) is 0 Å². The number of nitrogens with zero attached hydrogens (tertiary/aromatic N) is 2. The third-order valence-corrected chi connectivity index (χ3v) is 10.8. The predicted octanol–water partition coefficient (Wildman–Crippen LogP) is 11.3. The molecule has 3 heteroatoms. The number of benzene rings is 8. The van der Waals surface area contributed by atoms with Crippen molar-refractivity contribution in [3.8, 4) is 11.4 Å². The topological polar surface area (TPSA) is 9.86 Å². The summed E-state index contributed by atoms with van der Waals surface area (Å²) in [6.45, 7) is 0. The fourth-order valence-corrected chi connectivity index (χ4v) is 8.78. The van der Waals surface area contributed by atoms with Gasteiger partial charge in [-0.3, -0.25) is 0 Å². The van der Waals surface area contributed by atoms with E-state index in [0.717, 1.165) is 22.3 Å². The van der Waals surface area contributed by atoms with Gasteiger partial charge in [-0.25, -0.2) is 0 Å². The Morgan fingerprint density at radius 1 is 0.440 bits per heavy atom. The molecule has 2 nitrogen and oxygen atoms in total. The van der Waals surface area contributed by atoms with Crippen molar-refractivity contribution < 1.29 is 31.1 Å². The first kappa shape index (κ1) is 29.6. The average molecular weight is 859 g/mol. The van der Waals surface area contributed by atoms with E-state index in [1.807, 2.05) is 6.07 Å². The van der Waals surface area contributed by atoms with Crippen molar-refractivity contribution in [3.05, 3.63) is 204 Å². The summed E-state index contributed by atoms with van der Waals surface area (Å²) in [5, 5.41) is 7.43. The quantitative estimate of drug-likeness (QED) is 0.157.